The summed E-state index contributed by atoms with van der Waals surface area (Å²) < 4.78 is 53.8. The third-order valence-electron chi connectivity index (χ3n) is 2.43. The van der Waals surface area contributed by atoms with Crippen molar-refractivity contribution in [2.45, 2.75) is 18.9 Å². The second-order valence-electron chi connectivity index (χ2n) is 4.07. The zero-order valence-corrected chi connectivity index (χ0v) is 11.4. The van der Waals surface area contributed by atoms with E-state index < -0.39 is 19.0 Å². The molecule has 0 radical (unpaired) electrons. The highest BCUT2D eigenvalue weighted by Crippen LogP contribution is 2.24. The summed E-state index contributed by atoms with van der Waals surface area (Å²) in [6.45, 7) is -0.919. The zero-order valence-electron chi connectivity index (χ0n) is 10.6. The minimum absolute atomic E-state index is 0.144. The molecule has 2 aromatic rings. The van der Waals surface area contributed by atoms with Crippen molar-refractivity contribution in [3.05, 3.63) is 34.9 Å². The maximum absolute atomic E-state index is 12.7. The summed E-state index contributed by atoms with van der Waals surface area (Å²) in [7, 11) is 0. The molecular weight excluding hydrogens is 310 g/mol. The van der Waals surface area contributed by atoms with Gasteiger partial charge in [0.25, 0.3) is 0 Å². The second-order valence-corrected chi connectivity index (χ2v) is 4.79. The maximum atomic E-state index is 12.7. The molecule has 0 saturated heterocycles. The largest absolute Gasteiger partial charge is 0.471 e. The van der Waals surface area contributed by atoms with Crippen LogP contribution in [-0.2, 0) is 6.54 Å². The number of pyridine rings is 1. The fraction of sp³-hybridized carbons (Fsp3) is 0.333. The van der Waals surface area contributed by atoms with E-state index in [0.29, 0.717) is 12.2 Å². The van der Waals surface area contributed by atoms with E-state index in [0.717, 1.165) is 5.69 Å². The van der Waals surface area contributed by atoms with Gasteiger partial charge in [-0.3, -0.25) is 0 Å². The summed E-state index contributed by atoms with van der Waals surface area (Å²) in [5.41, 5.74) is 3.20. The SMILES string of the molecule is FC(F)C(F)(F)COc1ccc(NCc2cscn2)cn1. The van der Waals surface area contributed by atoms with Crippen LogP contribution in [0.2, 0.25) is 0 Å². The van der Waals surface area contributed by atoms with Gasteiger partial charge in [0.1, 0.15) is 0 Å². The highest BCUT2D eigenvalue weighted by molar-refractivity contribution is 7.07. The minimum Gasteiger partial charge on any atom is -0.471 e. The molecule has 9 heteroatoms. The maximum Gasteiger partial charge on any atom is 0.340 e. The van der Waals surface area contributed by atoms with Crippen molar-refractivity contribution < 1.29 is 22.3 Å². The molecule has 0 aromatic carbocycles. The number of rotatable bonds is 7. The minimum atomic E-state index is -4.19. The van der Waals surface area contributed by atoms with Gasteiger partial charge in [-0.2, -0.15) is 8.78 Å². The van der Waals surface area contributed by atoms with Crippen molar-refractivity contribution in [1.82, 2.24) is 9.97 Å². The molecule has 0 fully saturated rings. The first-order valence-corrected chi connectivity index (χ1v) is 6.77. The van der Waals surface area contributed by atoms with Crippen molar-refractivity contribution >= 4 is 17.0 Å². The van der Waals surface area contributed by atoms with Gasteiger partial charge in [-0.15, -0.1) is 11.3 Å². The van der Waals surface area contributed by atoms with E-state index in [4.69, 9.17) is 0 Å². The number of aromatic nitrogens is 2. The summed E-state index contributed by atoms with van der Waals surface area (Å²) in [5.74, 6) is -4.34. The van der Waals surface area contributed by atoms with Crippen LogP contribution < -0.4 is 10.1 Å². The Balaban J connectivity index is 1.84. The number of hydrogen-bond donors (Lipinski definition) is 1. The molecule has 2 aromatic heterocycles. The van der Waals surface area contributed by atoms with Crippen LogP contribution in [-0.4, -0.2) is 28.9 Å². The molecule has 21 heavy (non-hydrogen) atoms. The van der Waals surface area contributed by atoms with Gasteiger partial charge in [0, 0.05) is 11.4 Å². The summed E-state index contributed by atoms with van der Waals surface area (Å²) in [5, 5.41) is 4.90. The van der Waals surface area contributed by atoms with Crippen LogP contribution in [0.5, 0.6) is 5.88 Å². The molecule has 114 valence electrons. The van der Waals surface area contributed by atoms with Crippen LogP contribution in [0, 0.1) is 0 Å². The van der Waals surface area contributed by atoms with Crippen molar-refractivity contribution in [1.29, 1.82) is 0 Å². The van der Waals surface area contributed by atoms with Gasteiger partial charge in [-0.05, 0) is 6.07 Å². The van der Waals surface area contributed by atoms with Crippen molar-refractivity contribution in [3.8, 4) is 5.88 Å². The number of anilines is 1. The van der Waals surface area contributed by atoms with Gasteiger partial charge in [0.05, 0.1) is 29.6 Å². The Morgan fingerprint density at radius 2 is 2.10 bits per heavy atom. The predicted octanol–water partition coefficient (Wildman–Crippen LogP) is 3.43. The summed E-state index contributed by atoms with van der Waals surface area (Å²) in [6, 6.07) is 2.88. The van der Waals surface area contributed by atoms with Gasteiger partial charge in [-0.1, -0.05) is 0 Å². The molecule has 0 unspecified atom stereocenters. The Labute approximate surface area is 121 Å². The summed E-state index contributed by atoms with van der Waals surface area (Å²) in [4.78, 5) is 7.84. The molecule has 0 aliphatic carbocycles. The van der Waals surface area contributed by atoms with E-state index in [2.05, 4.69) is 20.0 Å². The van der Waals surface area contributed by atoms with Gasteiger partial charge >= 0.3 is 12.3 Å². The Morgan fingerprint density at radius 1 is 1.29 bits per heavy atom. The van der Waals surface area contributed by atoms with E-state index in [1.165, 1.54) is 23.6 Å². The number of nitrogens with one attached hydrogen (secondary N) is 1. The van der Waals surface area contributed by atoms with Crippen molar-refractivity contribution in [2.75, 3.05) is 11.9 Å². The molecule has 4 nitrogen and oxygen atoms in total. The van der Waals surface area contributed by atoms with E-state index in [-0.39, 0.29) is 5.88 Å². The molecule has 0 aliphatic heterocycles. The molecule has 0 spiro atoms. The molecule has 2 heterocycles. The molecule has 2 rings (SSSR count). The Hall–Kier alpha value is -1.90. The molecule has 0 aliphatic rings. The molecule has 0 amide bonds. The quantitative estimate of drug-likeness (QED) is 0.794. The number of nitrogens with zero attached hydrogens (tertiary/aromatic N) is 2. The summed E-state index contributed by atoms with van der Waals surface area (Å²) >= 11 is 1.47. The second kappa shape index (κ2) is 6.70. The van der Waals surface area contributed by atoms with Gasteiger partial charge < -0.3 is 10.1 Å². The monoisotopic (exact) mass is 321 g/mol. The predicted molar refractivity (Wildman–Crippen MR) is 70.1 cm³/mol. The molecule has 1 N–H and O–H groups in total. The first-order chi connectivity index (χ1) is 9.97. The fourth-order valence-corrected chi connectivity index (χ4v) is 1.88. The highest BCUT2D eigenvalue weighted by atomic mass is 32.1. The van der Waals surface area contributed by atoms with Crippen LogP contribution in [0.15, 0.2) is 29.2 Å². The Bertz CT molecular complexity index is 548. The smallest absolute Gasteiger partial charge is 0.340 e. The third-order valence-corrected chi connectivity index (χ3v) is 3.06. The lowest BCUT2D eigenvalue weighted by Gasteiger charge is -2.15. The Kier molecular flexibility index (Phi) is 4.94. The topological polar surface area (TPSA) is 47.0 Å². The number of hydrogen-bond acceptors (Lipinski definition) is 5. The van der Waals surface area contributed by atoms with Gasteiger partial charge in [0.2, 0.25) is 5.88 Å². The van der Waals surface area contributed by atoms with E-state index in [1.54, 1.807) is 11.6 Å². The average Bonchev–Trinajstić information content (AvgIpc) is 2.97. The van der Waals surface area contributed by atoms with Crippen LogP contribution >= 0.6 is 11.3 Å². The number of ether oxygens (including phenoxy) is 1. The van der Waals surface area contributed by atoms with Gasteiger partial charge in [0.15, 0.2) is 6.61 Å². The van der Waals surface area contributed by atoms with Crippen molar-refractivity contribution in [2.24, 2.45) is 0 Å². The fourth-order valence-electron chi connectivity index (χ4n) is 1.32. The highest BCUT2D eigenvalue weighted by Gasteiger charge is 2.41. The lowest BCUT2D eigenvalue weighted by atomic mass is 10.3. The van der Waals surface area contributed by atoms with Crippen LogP contribution in [0.1, 0.15) is 5.69 Å². The molecular formula is C12H11F4N3OS. The van der Waals surface area contributed by atoms with Crippen LogP contribution in [0.3, 0.4) is 0 Å². The number of thiazole rings is 1. The summed E-state index contributed by atoms with van der Waals surface area (Å²) in [6.07, 6.45) is -2.40. The van der Waals surface area contributed by atoms with Crippen molar-refractivity contribution in [3.63, 3.8) is 0 Å². The molecule has 0 atom stereocenters. The normalized spacial score (nSPS) is 11.7. The number of alkyl halides is 4. The van der Waals surface area contributed by atoms with Crippen LogP contribution in [0.25, 0.3) is 0 Å². The standard InChI is InChI=1S/C12H11F4N3OS/c13-11(14)12(15,16)6-20-10-2-1-8(3-18-10)17-4-9-5-21-7-19-9/h1-3,5,7,11,17H,4,6H2. The van der Waals surface area contributed by atoms with E-state index in [9.17, 15) is 17.6 Å². The van der Waals surface area contributed by atoms with E-state index >= 15 is 0 Å². The third kappa shape index (κ3) is 4.55. The molecule has 0 bridgehead atoms. The first kappa shape index (κ1) is 15.5. The van der Waals surface area contributed by atoms with Crippen LogP contribution in [0.4, 0.5) is 23.2 Å². The molecule has 0 saturated carbocycles. The lowest BCUT2D eigenvalue weighted by molar-refractivity contribution is -0.148. The van der Waals surface area contributed by atoms with Gasteiger partial charge in [-0.25, -0.2) is 18.7 Å². The number of halogens is 4. The Morgan fingerprint density at radius 3 is 2.67 bits per heavy atom. The van der Waals surface area contributed by atoms with E-state index in [1.807, 2.05) is 5.38 Å². The zero-order chi connectivity index (χ0) is 15.3. The average molecular weight is 321 g/mol. The first-order valence-electron chi connectivity index (χ1n) is 5.83. The lowest BCUT2D eigenvalue weighted by Crippen LogP contribution is -2.33.